The van der Waals surface area contributed by atoms with Crippen LogP contribution in [0.3, 0.4) is 0 Å². The molecule has 1 atom stereocenters. The maximum atomic E-state index is 11.6. The average Bonchev–Trinajstić information content (AvgIpc) is 2.55. The van der Waals surface area contributed by atoms with Crippen LogP contribution in [-0.2, 0) is 0 Å². The lowest BCUT2D eigenvalue weighted by atomic mass is 10.1. The molecule has 0 aliphatic carbocycles. The van der Waals surface area contributed by atoms with Gasteiger partial charge in [0.15, 0.2) is 10.1 Å². The van der Waals surface area contributed by atoms with Gasteiger partial charge < -0.3 is 4.98 Å². The van der Waals surface area contributed by atoms with Crippen molar-refractivity contribution in [3.05, 3.63) is 29.6 Å². The normalized spacial score (nSPS) is 13.0. The number of imidazole rings is 1. The minimum Gasteiger partial charge on any atom is -0.342 e. The van der Waals surface area contributed by atoms with Gasteiger partial charge in [-0.1, -0.05) is 15.9 Å². The predicted octanol–water partition coefficient (Wildman–Crippen LogP) is 3.01. The number of carbonyl (C=O) groups is 1. The maximum Gasteiger partial charge on any atom is 0.191 e. The van der Waals surface area contributed by atoms with E-state index in [0.29, 0.717) is 5.56 Å². The van der Waals surface area contributed by atoms with E-state index < -0.39 is 4.29 Å². The van der Waals surface area contributed by atoms with Gasteiger partial charge in [0.25, 0.3) is 0 Å². The third-order valence-corrected chi connectivity index (χ3v) is 2.70. The van der Waals surface area contributed by atoms with Crippen LogP contribution in [0.25, 0.3) is 11.0 Å². The minimum absolute atomic E-state index is 0.147. The Balaban J connectivity index is 2.51. The zero-order valence-electron chi connectivity index (χ0n) is 7.92. The van der Waals surface area contributed by atoms with E-state index >= 15 is 0 Å². The number of carbonyl (C=O) groups excluding carboxylic acids is 1. The van der Waals surface area contributed by atoms with Crippen molar-refractivity contribution in [3.63, 3.8) is 0 Å². The molecule has 1 aromatic heterocycles. The number of nitrogens with zero attached hydrogens (tertiary/aromatic N) is 1. The summed E-state index contributed by atoms with van der Waals surface area (Å²) in [5, 5.41) is 0. The number of Topliss-reactive ketones (excluding diaryl/α,β-unsaturated/α-hetero) is 1. The molecule has 0 spiro atoms. The van der Waals surface area contributed by atoms with Gasteiger partial charge in [-0.05, 0) is 25.1 Å². The molecule has 3 nitrogen and oxygen atoms in total. The lowest BCUT2D eigenvalue weighted by molar-refractivity contribution is 0.101. The topological polar surface area (TPSA) is 45.8 Å². The predicted molar refractivity (Wildman–Crippen MR) is 63.7 cm³/mol. The van der Waals surface area contributed by atoms with E-state index in [-0.39, 0.29) is 5.78 Å². The second-order valence-corrected chi connectivity index (χ2v) is 5.10. The summed E-state index contributed by atoms with van der Waals surface area (Å²) in [5.41, 5.74) is 2.27. The summed E-state index contributed by atoms with van der Waals surface area (Å²) in [7, 11) is 0. The molecule has 1 heterocycles. The molecule has 78 valence electrons. The maximum absolute atomic E-state index is 11.6. The number of benzene rings is 1. The fourth-order valence-corrected chi connectivity index (χ4v) is 1.81. The average molecular weight is 288 g/mol. The molecule has 0 fully saturated rings. The Hall–Kier alpha value is -0.870. The number of hydrogen-bond acceptors (Lipinski definition) is 2. The summed E-state index contributed by atoms with van der Waals surface area (Å²) in [6.45, 7) is 1.87. The smallest absolute Gasteiger partial charge is 0.191 e. The molecular formula is C10H8BrClN2O. The monoisotopic (exact) mass is 286 g/mol. The molecule has 2 aromatic rings. The Kier molecular flexibility index (Phi) is 2.80. The van der Waals surface area contributed by atoms with Crippen LogP contribution >= 0.6 is 27.5 Å². The SMILES string of the molecule is Cc1nc2ccc(C(=O)C(Cl)Br)cc2[nH]1. The molecule has 2 rings (SSSR count). The largest absolute Gasteiger partial charge is 0.342 e. The Morgan fingerprint density at radius 1 is 1.60 bits per heavy atom. The van der Waals surface area contributed by atoms with Gasteiger partial charge >= 0.3 is 0 Å². The number of aromatic amines is 1. The highest BCUT2D eigenvalue weighted by atomic mass is 79.9. The second-order valence-electron chi connectivity index (χ2n) is 3.22. The first-order valence-electron chi connectivity index (χ1n) is 4.36. The summed E-state index contributed by atoms with van der Waals surface area (Å²) in [6.07, 6.45) is 0. The Morgan fingerprint density at radius 3 is 3.00 bits per heavy atom. The highest BCUT2D eigenvalue weighted by Crippen LogP contribution is 2.18. The van der Waals surface area contributed by atoms with Gasteiger partial charge in [0.2, 0.25) is 0 Å². The number of hydrogen-bond donors (Lipinski definition) is 1. The van der Waals surface area contributed by atoms with Gasteiger partial charge in [0.05, 0.1) is 11.0 Å². The van der Waals surface area contributed by atoms with Crippen molar-refractivity contribution in [2.45, 2.75) is 11.2 Å². The van der Waals surface area contributed by atoms with Crippen molar-refractivity contribution >= 4 is 44.3 Å². The van der Waals surface area contributed by atoms with Crippen molar-refractivity contribution in [1.82, 2.24) is 9.97 Å². The van der Waals surface area contributed by atoms with E-state index in [9.17, 15) is 4.79 Å². The molecule has 1 aromatic carbocycles. The number of ketones is 1. The van der Waals surface area contributed by atoms with E-state index in [4.69, 9.17) is 11.6 Å². The van der Waals surface area contributed by atoms with E-state index in [1.807, 2.05) is 6.92 Å². The van der Waals surface area contributed by atoms with E-state index in [2.05, 4.69) is 25.9 Å². The standard InChI is InChI=1S/C10H8BrClN2O/c1-5-13-7-3-2-6(4-8(7)14-5)9(15)10(11)12/h2-4,10H,1H3,(H,13,14). The van der Waals surface area contributed by atoms with Crippen molar-refractivity contribution in [2.75, 3.05) is 0 Å². The van der Waals surface area contributed by atoms with Crippen LogP contribution in [0.4, 0.5) is 0 Å². The van der Waals surface area contributed by atoms with Crippen molar-refractivity contribution in [2.24, 2.45) is 0 Å². The third-order valence-electron chi connectivity index (χ3n) is 2.08. The molecule has 0 saturated heterocycles. The molecule has 1 N–H and O–H groups in total. The minimum atomic E-state index is -0.682. The molecule has 0 radical (unpaired) electrons. The second kappa shape index (κ2) is 3.94. The molecule has 0 amide bonds. The summed E-state index contributed by atoms with van der Waals surface area (Å²) in [4.78, 5) is 18.9. The molecule has 1 unspecified atom stereocenters. The van der Waals surface area contributed by atoms with Crippen LogP contribution in [0, 0.1) is 6.92 Å². The molecule has 5 heteroatoms. The van der Waals surface area contributed by atoms with Crippen molar-refractivity contribution in [1.29, 1.82) is 0 Å². The molecule has 0 saturated carbocycles. The highest BCUT2D eigenvalue weighted by Gasteiger charge is 2.14. The van der Waals surface area contributed by atoms with Gasteiger partial charge in [-0.2, -0.15) is 0 Å². The fourth-order valence-electron chi connectivity index (χ4n) is 1.42. The van der Waals surface area contributed by atoms with E-state index in [1.54, 1.807) is 18.2 Å². The molecule has 0 aliphatic rings. The number of rotatable bonds is 2. The molecule has 0 aliphatic heterocycles. The van der Waals surface area contributed by atoms with Gasteiger partial charge in [-0.25, -0.2) is 4.98 Å². The number of aryl methyl sites for hydroxylation is 1. The van der Waals surface area contributed by atoms with Crippen LogP contribution in [0.5, 0.6) is 0 Å². The lowest BCUT2D eigenvalue weighted by Gasteiger charge is -2.00. The van der Waals surface area contributed by atoms with Gasteiger partial charge in [-0.15, -0.1) is 11.6 Å². The fraction of sp³-hybridized carbons (Fsp3) is 0.200. The Morgan fingerprint density at radius 2 is 2.33 bits per heavy atom. The van der Waals surface area contributed by atoms with E-state index in [0.717, 1.165) is 16.9 Å². The van der Waals surface area contributed by atoms with Gasteiger partial charge in [-0.3, -0.25) is 4.79 Å². The number of alkyl halides is 2. The lowest BCUT2D eigenvalue weighted by Crippen LogP contribution is -2.07. The molecule has 15 heavy (non-hydrogen) atoms. The zero-order chi connectivity index (χ0) is 11.0. The quantitative estimate of drug-likeness (QED) is 0.682. The van der Waals surface area contributed by atoms with Crippen molar-refractivity contribution in [3.8, 4) is 0 Å². The van der Waals surface area contributed by atoms with Gasteiger partial charge in [0, 0.05) is 5.56 Å². The number of H-pyrrole nitrogens is 1. The number of halogens is 2. The van der Waals surface area contributed by atoms with Crippen molar-refractivity contribution < 1.29 is 4.79 Å². The first-order chi connectivity index (χ1) is 7.08. The number of aromatic nitrogens is 2. The highest BCUT2D eigenvalue weighted by molar-refractivity contribution is 9.10. The number of nitrogens with one attached hydrogen (secondary N) is 1. The summed E-state index contributed by atoms with van der Waals surface area (Å²) >= 11 is 8.70. The van der Waals surface area contributed by atoms with E-state index in [1.165, 1.54) is 0 Å². The zero-order valence-corrected chi connectivity index (χ0v) is 10.3. The third kappa shape index (κ3) is 2.06. The summed E-state index contributed by atoms with van der Waals surface area (Å²) in [6, 6.07) is 5.29. The Labute approximate surface area is 100.0 Å². The summed E-state index contributed by atoms with van der Waals surface area (Å²) < 4.78 is -0.682. The number of fused-ring (bicyclic) bond motifs is 1. The molecule has 0 bridgehead atoms. The Bertz CT molecular complexity index is 521. The summed E-state index contributed by atoms with van der Waals surface area (Å²) in [5.74, 6) is 0.682. The van der Waals surface area contributed by atoms with Crippen LogP contribution in [0.2, 0.25) is 0 Å². The van der Waals surface area contributed by atoms with Crippen LogP contribution in [-0.4, -0.2) is 20.0 Å². The molecular weight excluding hydrogens is 279 g/mol. The van der Waals surface area contributed by atoms with Gasteiger partial charge in [0.1, 0.15) is 5.82 Å². The van der Waals surface area contributed by atoms with Crippen LogP contribution in [0.15, 0.2) is 18.2 Å². The van der Waals surface area contributed by atoms with Crippen LogP contribution in [0.1, 0.15) is 16.2 Å². The van der Waals surface area contributed by atoms with Crippen LogP contribution < -0.4 is 0 Å². The first-order valence-corrected chi connectivity index (χ1v) is 5.72. The first kappa shape index (κ1) is 10.6.